The number of aliphatic hydroxyl groups excluding tert-OH is 1. The van der Waals surface area contributed by atoms with Crippen molar-refractivity contribution >= 4 is 23.5 Å². The molecule has 336 valence electrons. The van der Waals surface area contributed by atoms with Crippen LogP contribution in [0.3, 0.4) is 0 Å². The Morgan fingerprint density at radius 2 is 1.77 bits per heavy atom. The van der Waals surface area contributed by atoms with Gasteiger partial charge >= 0.3 is 12.1 Å². The molecule has 0 bridgehead atoms. The number of ether oxygens (including phenoxy) is 5. The van der Waals surface area contributed by atoms with Crippen LogP contribution in [-0.4, -0.2) is 154 Å². The van der Waals surface area contributed by atoms with Crippen LogP contribution in [0.25, 0.3) is 11.3 Å². The number of Topliss-reactive ketones (excluding diaryl/α,β-unsaturated/α-hetero) is 1. The molecule has 1 aromatic heterocycles. The van der Waals surface area contributed by atoms with Crippen molar-refractivity contribution in [3.8, 4) is 11.3 Å². The number of benzene rings is 1. The van der Waals surface area contributed by atoms with Crippen LogP contribution in [-0.2, 0) is 39.8 Å². The van der Waals surface area contributed by atoms with Crippen molar-refractivity contribution < 1.29 is 43.2 Å². The highest BCUT2D eigenvalue weighted by atomic mass is 16.7. The quantitative estimate of drug-likeness (QED) is 0.138. The standard InChI is InChI=1S/C44H71N7O9/c1-13-35-44(8)38(51(42(55)60-44)20-15-14-19-50-25-33(46-47-50)31-17-16-18-32(45)22-31)30(6)49(11)24-26(2)23-43(7,56-12)39(28(4)36(52)29(5)40(54)58-35)59-41-37(53)34(48(9)10)21-27(3)57-41/h16-18,22,25-30,34-35,37-39,41,53H,13-15,19-21,23-24,45H2,1-12H3/t26-,27?,28+,29-,30-,34?,35-,37?,38-,39-,41+,43-,44-/m1/s1. The molecule has 3 aliphatic rings. The average Bonchev–Trinajstić information content (AvgIpc) is 3.78. The number of likely N-dealkylation sites (N-methyl/N-ethyl adjacent to an activating group) is 2. The summed E-state index contributed by atoms with van der Waals surface area (Å²) < 4.78 is 33.5. The summed E-state index contributed by atoms with van der Waals surface area (Å²) >= 11 is 0. The van der Waals surface area contributed by atoms with Gasteiger partial charge in [-0.05, 0) is 106 Å². The number of unbranched alkanes of at least 4 members (excludes halogenated alkanes) is 1. The number of methoxy groups -OCH3 is 1. The second-order valence-electron chi connectivity index (χ2n) is 18.3. The van der Waals surface area contributed by atoms with Crippen molar-refractivity contribution in [2.24, 2.45) is 17.8 Å². The third-order valence-corrected chi connectivity index (χ3v) is 13.3. The monoisotopic (exact) mass is 842 g/mol. The Bertz CT molecular complexity index is 1780. The van der Waals surface area contributed by atoms with E-state index in [1.165, 1.54) is 0 Å². The van der Waals surface area contributed by atoms with Gasteiger partial charge in [-0.25, -0.2) is 4.79 Å². The number of cyclic esters (lactones) is 1. The first-order valence-electron chi connectivity index (χ1n) is 21.6. The number of amides is 1. The van der Waals surface area contributed by atoms with E-state index in [0.717, 1.165) is 11.3 Å². The first-order chi connectivity index (χ1) is 28.2. The number of fused-ring (bicyclic) bond motifs is 1. The van der Waals surface area contributed by atoms with E-state index in [1.54, 1.807) is 30.5 Å². The molecule has 3 N–H and O–H groups in total. The zero-order chi connectivity index (χ0) is 44.3. The van der Waals surface area contributed by atoms with Crippen LogP contribution in [0.5, 0.6) is 0 Å². The van der Waals surface area contributed by atoms with E-state index >= 15 is 0 Å². The third kappa shape index (κ3) is 10.2. The van der Waals surface area contributed by atoms with Crippen LogP contribution in [0, 0.1) is 17.8 Å². The van der Waals surface area contributed by atoms with Gasteiger partial charge < -0.3 is 44.3 Å². The third-order valence-electron chi connectivity index (χ3n) is 13.3. The lowest BCUT2D eigenvalue weighted by molar-refractivity contribution is -0.295. The molecular weight excluding hydrogens is 771 g/mol. The second-order valence-corrected chi connectivity index (χ2v) is 18.3. The summed E-state index contributed by atoms with van der Waals surface area (Å²) in [6.07, 6.45) is 0.232. The van der Waals surface area contributed by atoms with Crippen LogP contribution < -0.4 is 5.73 Å². The molecular formula is C44H71N7O9. The Hall–Kier alpha value is -3.67. The number of rotatable bonds is 11. The Balaban J connectivity index is 1.40. The maximum Gasteiger partial charge on any atom is 0.410 e. The molecule has 4 heterocycles. The fraction of sp³-hybridized carbons (Fsp3) is 0.750. The van der Waals surface area contributed by atoms with E-state index in [1.807, 2.05) is 84.2 Å². The average molecular weight is 842 g/mol. The van der Waals surface area contributed by atoms with Gasteiger partial charge in [-0.2, -0.15) is 0 Å². The molecule has 60 heavy (non-hydrogen) atoms. The van der Waals surface area contributed by atoms with Crippen molar-refractivity contribution in [3.63, 3.8) is 0 Å². The Morgan fingerprint density at radius 1 is 1.07 bits per heavy atom. The number of aromatic nitrogens is 3. The van der Waals surface area contributed by atoms with Crippen molar-refractivity contribution in [2.75, 3.05) is 47.1 Å². The van der Waals surface area contributed by atoms with Gasteiger partial charge in [-0.1, -0.05) is 38.1 Å². The summed E-state index contributed by atoms with van der Waals surface area (Å²) in [5.41, 5.74) is 5.97. The molecule has 3 aliphatic heterocycles. The van der Waals surface area contributed by atoms with Gasteiger partial charge in [-0.15, -0.1) is 5.10 Å². The summed E-state index contributed by atoms with van der Waals surface area (Å²) in [6.45, 7) is 16.7. The lowest BCUT2D eigenvalue weighted by atomic mass is 9.78. The zero-order valence-corrected chi connectivity index (χ0v) is 37.9. The van der Waals surface area contributed by atoms with Crippen molar-refractivity contribution in [1.29, 1.82) is 0 Å². The molecule has 3 unspecified atom stereocenters. The number of hydrogen-bond acceptors (Lipinski definition) is 14. The van der Waals surface area contributed by atoms with E-state index in [9.17, 15) is 19.5 Å². The predicted molar refractivity (Wildman–Crippen MR) is 227 cm³/mol. The highest BCUT2D eigenvalue weighted by Gasteiger charge is 2.59. The number of nitrogen functional groups attached to an aromatic ring is 1. The number of nitrogens with zero attached hydrogens (tertiary/aromatic N) is 6. The van der Waals surface area contributed by atoms with E-state index in [0.29, 0.717) is 57.4 Å². The predicted octanol–water partition coefficient (Wildman–Crippen LogP) is 4.63. The van der Waals surface area contributed by atoms with Gasteiger partial charge in [0.15, 0.2) is 17.7 Å². The molecule has 0 aliphatic carbocycles. The topological polar surface area (TPSA) is 184 Å². The number of carbonyl (C=O) groups excluding carboxylic acids is 3. The van der Waals surface area contributed by atoms with Gasteiger partial charge in [0.25, 0.3) is 0 Å². The summed E-state index contributed by atoms with van der Waals surface area (Å²) in [5, 5.41) is 20.1. The molecule has 2 aromatic rings. The van der Waals surface area contributed by atoms with E-state index in [2.05, 4.69) is 29.1 Å². The fourth-order valence-corrected chi connectivity index (χ4v) is 9.82. The van der Waals surface area contributed by atoms with E-state index in [-0.39, 0.29) is 24.1 Å². The maximum absolute atomic E-state index is 14.4. The number of aryl methyl sites for hydroxylation is 1. The van der Waals surface area contributed by atoms with E-state index < -0.39 is 71.5 Å². The Labute approximate surface area is 356 Å². The lowest BCUT2D eigenvalue weighted by Crippen LogP contribution is -2.61. The minimum absolute atomic E-state index is 0.00137. The zero-order valence-electron chi connectivity index (χ0n) is 37.9. The Morgan fingerprint density at radius 3 is 2.42 bits per heavy atom. The molecule has 0 saturated carbocycles. The summed E-state index contributed by atoms with van der Waals surface area (Å²) in [5.74, 6) is -3.14. The smallest absolute Gasteiger partial charge is 0.410 e. The highest BCUT2D eigenvalue weighted by molar-refractivity contribution is 6.00. The summed E-state index contributed by atoms with van der Waals surface area (Å²) in [7, 11) is 7.43. The molecule has 16 heteroatoms. The number of anilines is 1. The SMILES string of the molecule is CC[C@H]1OC(=O)[C@H](C)C(=O)[C@H](C)[C@@H](O[C@@H]2OC(C)CC(N(C)C)C2O)[C@](C)(OC)C[C@@H](C)CN(C)[C@H](C)[C@H]2N(CCCCn3cc(-c4cccc(N)c4)nn3)C(=O)O[C@]12C. The number of hydrogen-bond donors (Lipinski definition) is 2. The minimum atomic E-state index is -1.23. The number of ketones is 1. The second kappa shape index (κ2) is 19.6. The number of carbonyl (C=O) groups is 3. The Kier molecular flexibility index (Phi) is 15.5. The first kappa shape index (κ1) is 47.4. The van der Waals surface area contributed by atoms with Gasteiger partial charge in [-0.3, -0.25) is 19.2 Å². The molecule has 1 aromatic carbocycles. The normalized spacial score (nSPS) is 36.4. The van der Waals surface area contributed by atoms with Gasteiger partial charge in [0.05, 0.1) is 30.0 Å². The van der Waals surface area contributed by atoms with Crippen LogP contribution in [0.15, 0.2) is 30.5 Å². The molecule has 5 rings (SSSR count). The first-order valence-corrected chi connectivity index (χ1v) is 21.6. The molecule has 3 fully saturated rings. The number of nitrogens with two attached hydrogens (primary N) is 1. The number of aliphatic hydroxyl groups is 1. The molecule has 13 atom stereocenters. The number of esters is 1. The summed E-state index contributed by atoms with van der Waals surface area (Å²) in [4.78, 5) is 48.4. The highest BCUT2D eigenvalue weighted by Crippen LogP contribution is 2.41. The molecule has 3 saturated heterocycles. The molecule has 0 radical (unpaired) electrons. The molecule has 1 amide bonds. The van der Waals surface area contributed by atoms with Crippen molar-refractivity contribution in [3.05, 3.63) is 30.5 Å². The van der Waals surface area contributed by atoms with Gasteiger partial charge in [0.1, 0.15) is 23.8 Å². The fourth-order valence-electron chi connectivity index (χ4n) is 9.82. The largest absolute Gasteiger partial charge is 0.458 e. The summed E-state index contributed by atoms with van der Waals surface area (Å²) in [6, 6.07) is 6.53. The lowest BCUT2D eigenvalue weighted by Gasteiger charge is -2.47. The van der Waals surface area contributed by atoms with E-state index in [4.69, 9.17) is 29.4 Å². The van der Waals surface area contributed by atoms with Crippen molar-refractivity contribution in [2.45, 2.75) is 154 Å². The van der Waals surface area contributed by atoms with Gasteiger partial charge in [0, 0.05) is 56.0 Å². The minimum Gasteiger partial charge on any atom is -0.458 e. The van der Waals surface area contributed by atoms with Crippen molar-refractivity contribution in [1.82, 2.24) is 29.7 Å². The van der Waals surface area contributed by atoms with Gasteiger partial charge in [0.2, 0.25) is 0 Å². The van der Waals surface area contributed by atoms with Crippen LogP contribution >= 0.6 is 0 Å². The van der Waals surface area contributed by atoms with Crippen LogP contribution in [0.2, 0.25) is 0 Å². The molecule has 16 nitrogen and oxygen atoms in total. The van der Waals surface area contributed by atoms with Crippen LogP contribution in [0.4, 0.5) is 10.5 Å². The molecule has 0 spiro atoms. The van der Waals surface area contributed by atoms with Crippen LogP contribution in [0.1, 0.15) is 87.5 Å². The maximum atomic E-state index is 14.4.